The molecule has 3 nitrogen and oxygen atoms in total. The molecule has 18 heavy (non-hydrogen) atoms. The number of imidazole rings is 1. The van der Waals surface area contributed by atoms with Crippen LogP contribution in [0.1, 0.15) is 17.8 Å². The molecule has 0 aliphatic rings. The van der Waals surface area contributed by atoms with Crippen LogP contribution in [0.5, 0.6) is 0 Å². The zero-order valence-corrected chi connectivity index (χ0v) is 10.1. The maximum Gasteiger partial charge on any atom is 0.418 e. The van der Waals surface area contributed by atoms with Gasteiger partial charge < -0.3 is 10.7 Å². The molecule has 2 aromatic rings. The van der Waals surface area contributed by atoms with Crippen LogP contribution in [0.4, 0.5) is 13.2 Å². The number of nitrogens with zero attached hydrogens (tertiary/aromatic N) is 1. The predicted octanol–water partition coefficient (Wildman–Crippen LogP) is 3.13. The highest BCUT2D eigenvalue weighted by Crippen LogP contribution is 2.36. The lowest BCUT2D eigenvalue weighted by molar-refractivity contribution is -0.136. The third-order valence-electron chi connectivity index (χ3n) is 2.52. The molecule has 0 aliphatic heterocycles. The average molecular weight is 278 g/mol. The van der Waals surface area contributed by atoms with Crippen LogP contribution in [0.2, 0.25) is 5.02 Å². The van der Waals surface area contributed by atoms with E-state index in [0.29, 0.717) is 30.7 Å². The van der Waals surface area contributed by atoms with Crippen LogP contribution in [0.15, 0.2) is 12.1 Å². The Morgan fingerprint density at radius 3 is 2.67 bits per heavy atom. The molecule has 0 fully saturated rings. The number of H-pyrrole nitrogens is 1. The highest BCUT2D eigenvalue weighted by atomic mass is 35.5. The summed E-state index contributed by atoms with van der Waals surface area (Å²) < 4.78 is 38.5. The lowest BCUT2D eigenvalue weighted by atomic mass is 10.2. The van der Waals surface area contributed by atoms with Gasteiger partial charge in [-0.3, -0.25) is 0 Å². The second-order valence-electron chi connectivity index (χ2n) is 3.92. The van der Waals surface area contributed by atoms with Gasteiger partial charge in [-0.1, -0.05) is 11.6 Å². The molecular formula is C11H11ClF3N3. The maximum absolute atomic E-state index is 12.8. The number of halogens is 4. The number of aryl methyl sites for hydroxylation is 1. The fraction of sp³-hybridized carbons (Fsp3) is 0.364. The van der Waals surface area contributed by atoms with E-state index in [-0.39, 0.29) is 10.5 Å². The summed E-state index contributed by atoms with van der Waals surface area (Å²) >= 11 is 5.68. The fourth-order valence-corrected chi connectivity index (χ4v) is 1.96. The van der Waals surface area contributed by atoms with Crippen molar-refractivity contribution in [3.05, 3.63) is 28.5 Å². The summed E-state index contributed by atoms with van der Waals surface area (Å²) in [6.45, 7) is 0.462. The SMILES string of the molecule is NCCCc1nc2c(C(F)(F)F)cc(Cl)cc2[nH]1. The second kappa shape index (κ2) is 4.78. The van der Waals surface area contributed by atoms with Gasteiger partial charge in [0.25, 0.3) is 0 Å². The molecule has 3 N–H and O–H groups in total. The van der Waals surface area contributed by atoms with Gasteiger partial charge in [0.2, 0.25) is 0 Å². The highest BCUT2D eigenvalue weighted by Gasteiger charge is 2.34. The minimum absolute atomic E-state index is 0.0313. The van der Waals surface area contributed by atoms with Crippen LogP contribution in [0.3, 0.4) is 0 Å². The van der Waals surface area contributed by atoms with Crippen molar-refractivity contribution in [2.75, 3.05) is 6.54 Å². The van der Waals surface area contributed by atoms with E-state index < -0.39 is 11.7 Å². The smallest absolute Gasteiger partial charge is 0.342 e. The number of aromatic nitrogens is 2. The van der Waals surface area contributed by atoms with Crippen LogP contribution in [-0.2, 0) is 12.6 Å². The van der Waals surface area contributed by atoms with E-state index in [1.54, 1.807) is 0 Å². The minimum atomic E-state index is -4.47. The van der Waals surface area contributed by atoms with Crippen LogP contribution < -0.4 is 5.73 Å². The Labute approximate surface area is 106 Å². The molecule has 98 valence electrons. The van der Waals surface area contributed by atoms with E-state index >= 15 is 0 Å². The van der Waals surface area contributed by atoms with Crippen molar-refractivity contribution in [2.45, 2.75) is 19.0 Å². The number of hydrogen-bond donors (Lipinski definition) is 2. The lowest BCUT2D eigenvalue weighted by Crippen LogP contribution is -2.06. The van der Waals surface area contributed by atoms with Crippen LogP contribution in [0, 0.1) is 0 Å². The molecule has 0 atom stereocenters. The average Bonchev–Trinajstić information content (AvgIpc) is 2.66. The largest absolute Gasteiger partial charge is 0.418 e. The van der Waals surface area contributed by atoms with E-state index in [9.17, 15) is 13.2 Å². The Bertz CT molecular complexity index is 562. The Morgan fingerprint density at radius 2 is 2.06 bits per heavy atom. The number of nitrogens with one attached hydrogen (secondary N) is 1. The van der Waals surface area contributed by atoms with Crippen LogP contribution in [0.25, 0.3) is 11.0 Å². The summed E-state index contributed by atoms with van der Waals surface area (Å²) in [6.07, 6.45) is -3.29. The standard InChI is InChI=1S/C11H11ClF3N3/c12-6-4-7(11(13,14)15)10-8(5-6)17-9(18-10)2-1-3-16/h4-5H,1-3,16H2,(H,17,18). The normalized spacial score (nSPS) is 12.3. The molecule has 0 amide bonds. The van der Waals surface area contributed by atoms with Gasteiger partial charge in [-0.05, 0) is 25.1 Å². The van der Waals surface area contributed by atoms with Crippen molar-refractivity contribution >= 4 is 22.6 Å². The quantitative estimate of drug-likeness (QED) is 0.906. The van der Waals surface area contributed by atoms with E-state index in [2.05, 4.69) is 9.97 Å². The Hall–Kier alpha value is -1.27. The Balaban J connectivity index is 2.53. The number of aromatic amines is 1. The molecule has 1 heterocycles. The second-order valence-corrected chi connectivity index (χ2v) is 4.36. The zero-order valence-electron chi connectivity index (χ0n) is 9.31. The fourth-order valence-electron chi connectivity index (χ4n) is 1.74. The molecule has 0 saturated heterocycles. The first-order valence-corrected chi connectivity index (χ1v) is 5.75. The number of rotatable bonds is 3. The summed E-state index contributed by atoms with van der Waals surface area (Å²) in [6, 6.07) is 2.32. The van der Waals surface area contributed by atoms with Crippen molar-refractivity contribution in [1.82, 2.24) is 9.97 Å². The van der Waals surface area contributed by atoms with Crippen molar-refractivity contribution < 1.29 is 13.2 Å². The summed E-state index contributed by atoms with van der Waals surface area (Å²) in [5, 5.41) is 0.0313. The number of alkyl halides is 3. The molecule has 7 heteroatoms. The van der Waals surface area contributed by atoms with Crippen LogP contribution >= 0.6 is 11.6 Å². The van der Waals surface area contributed by atoms with Gasteiger partial charge in [0.05, 0.1) is 11.1 Å². The maximum atomic E-state index is 12.8. The molecule has 0 unspecified atom stereocenters. The number of benzene rings is 1. The number of fused-ring (bicyclic) bond motifs is 1. The van der Waals surface area contributed by atoms with E-state index in [1.165, 1.54) is 6.07 Å². The monoisotopic (exact) mass is 277 g/mol. The third-order valence-corrected chi connectivity index (χ3v) is 2.74. The molecule has 0 spiro atoms. The van der Waals surface area contributed by atoms with Gasteiger partial charge in [-0.2, -0.15) is 13.2 Å². The first-order chi connectivity index (χ1) is 8.41. The molecule has 0 aliphatic carbocycles. The van der Waals surface area contributed by atoms with Crippen molar-refractivity contribution in [3.63, 3.8) is 0 Å². The van der Waals surface area contributed by atoms with Crippen molar-refractivity contribution in [3.8, 4) is 0 Å². The first kappa shape index (κ1) is 13.2. The molecule has 1 aromatic carbocycles. The summed E-state index contributed by atoms with van der Waals surface area (Å²) in [4.78, 5) is 6.80. The molecule has 0 radical (unpaired) electrons. The van der Waals surface area contributed by atoms with Crippen LogP contribution in [-0.4, -0.2) is 16.5 Å². The minimum Gasteiger partial charge on any atom is -0.342 e. The topological polar surface area (TPSA) is 54.7 Å². The van der Waals surface area contributed by atoms with Gasteiger partial charge >= 0.3 is 6.18 Å². The van der Waals surface area contributed by atoms with Gasteiger partial charge in [-0.15, -0.1) is 0 Å². The molecular weight excluding hydrogens is 267 g/mol. The highest BCUT2D eigenvalue weighted by molar-refractivity contribution is 6.31. The molecule has 1 aromatic heterocycles. The van der Waals surface area contributed by atoms with Crippen molar-refractivity contribution in [1.29, 1.82) is 0 Å². The lowest BCUT2D eigenvalue weighted by Gasteiger charge is -2.07. The number of hydrogen-bond acceptors (Lipinski definition) is 2. The summed E-state index contributed by atoms with van der Waals surface area (Å²) in [5.74, 6) is 0.489. The summed E-state index contributed by atoms with van der Waals surface area (Å²) in [7, 11) is 0. The van der Waals surface area contributed by atoms with Crippen molar-refractivity contribution in [2.24, 2.45) is 5.73 Å². The molecule has 2 rings (SSSR count). The van der Waals surface area contributed by atoms with E-state index in [4.69, 9.17) is 17.3 Å². The van der Waals surface area contributed by atoms with Gasteiger partial charge in [0.15, 0.2) is 0 Å². The summed E-state index contributed by atoms with van der Waals surface area (Å²) in [5.41, 5.74) is 4.73. The predicted molar refractivity (Wildman–Crippen MR) is 63.5 cm³/mol. The van der Waals surface area contributed by atoms with Gasteiger partial charge in [0, 0.05) is 11.4 Å². The first-order valence-electron chi connectivity index (χ1n) is 5.37. The van der Waals surface area contributed by atoms with Gasteiger partial charge in [-0.25, -0.2) is 4.98 Å². The van der Waals surface area contributed by atoms with E-state index in [1.807, 2.05) is 0 Å². The molecule has 0 bridgehead atoms. The van der Waals surface area contributed by atoms with E-state index in [0.717, 1.165) is 6.07 Å². The third kappa shape index (κ3) is 2.59. The number of nitrogens with two attached hydrogens (primary N) is 1. The zero-order chi connectivity index (χ0) is 13.3. The Morgan fingerprint density at radius 1 is 1.33 bits per heavy atom. The molecule has 0 saturated carbocycles. The Kier molecular flexibility index (Phi) is 3.49. The van der Waals surface area contributed by atoms with Gasteiger partial charge in [0.1, 0.15) is 11.3 Å².